The maximum atomic E-state index is 11.8. The van der Waals surface area contributed by atoms with E-state index in [1.165, 1.54) is 6.08 Å². The van der Waals surface area contributed by atoms with Crippen LogP contribution in [0.2, 0.25) is 0 Å². The molecule has 110 valence electrons. The van der Waals surface area contributed by atoms with E-state index in [2.05, 4.69) is 10.3 Å². The maximum absolute atomic E-state index is 11.8. The van der Waals surface area contributed by atoms with Crippen molar-refractivity contribution in [1.29, 1.82) is 0 Å². The van der Waals surface area contributed by atoms with Gasteiger partial charge in [0.2, 0.25) is 5.91 Å². The van der Waals surface area contributed by atoms with Crippen LogP contribution in [0.1, 0.15) is 21.1 Å². The van der Waals surface area contributed by atoms with Crippen molar-refractivity contribution < 1.29 is 9.53 Å². The Morgan fingerprint density at radius 2 is 2.05 bits per heavy atom. The lowest BCUT2D eigenvalue weighted by Crippen LogP contribution is -2.20. The Hall–Kier alpha value is -2.14. The number of carbonyl (C=O) groups excluding carboxylic acids is 1. The molecule has 21 heavy (non-hydrogen) atoms. The minimum Gasteiger partial charge on any atom is -0.497 e. The number of aromatic nitrogens is 1. The summed E-state index contributed by atoms with van der Waals surface area (Å²) in [5.41, 5.74) is 1.94. The fourth-order valence-corrected chi connectivity index (χ4v) is 2.73. The van der Waals surface area contributed by atoms with E-state index in [0.29, 0.717) is 6.54 Å². The lowest BCUT2D eigenvalue weighted by atomic mass is 10.2. The Kier molecular flexibility index (Phi) is 5.11. The molecule has 4 nitrogen and oxygen atoms in total. The number of methoxy groups -OCH3 is 1. The zero-order chi connectivity index (χ0) is 15.2. The molecule has 1 heterocycles. The molecule has 1 N–H and O–H groups in total. The summed E-state index contributed by atoms with van der Waals surface area (Å²) in [5.74, 6) is 0.684. The number of carbonyl (C=O) groups is 1. The molecule has 5 heteroatoms. The van der Waals surface area contributed by atoms with Crippen molar-refractivity contribution in [3.63, 3.8) is 0 Å². The Morgan fingerprint density at radius 1 is 1.33 bits per heavy atom. The first-order valence-electron chi connectivity index (χ1n) is 6.61. The molecule has 0 unspecified atom stereocenters. The van der Waals surface area contributed by atoms with Crippen molar-refractivity contribution in [2.24, 2.45) is 0 Å². The lowest BCUT2D eigenvalue weighted by molar-refractivity contribution is -0.116. The van der Waals surface area contributed by atoms with Gasteiger partial charge in [0.15, 0.2) is 0 Å². The fraction of sp³-hybridized carbons (Fsp3) is 0.250. The quantitative estimate of drug-likeness (QED) is 0.864. The number of rotatable bonds is 5. The number of nitrogens with one attached hydrogen (secondary N) is 1. The highest BCUT2D eigenvalue weighted by Gasteiger charge is 2.05. The predicted octanol–water partition coefficient (Wildman–Crippen LogP) is 3.10. The standard InChI is InChI=1S/C16H18N2O2S/c1-11-15(21-12(2)18-11)10-17-16(19)9-6-13-4-7-14(20-3)8-5-13/h4-9H,10H2,1-3H3,(H,17,19)/b9-6+. The van der Waals surface area contributed by atoms with Gasteiger partial charge < -0.3 is 10.1 Å². The Labute approximate surface area is 128 Å². The molecule has 0 aliphatic heterocycles. The van der Waals surface area contributed by atoms with Gasteiger partial charge in [-0.25, -0.2) is 4.98 Å². The van der Waals surface area contributed by atoms with E-state index in [0.717, 1.165) is 26.9 Å². The second-order valence-electron chi connectivity index (χ2n) is 4.57. The molecule has 0 atom stereocenters. The van der Waals surface area contributed by atoms with Crippen molar-refractivity contribution in [2.75, 3.05) is 7.11 Å². The third-order valence-corrected chi connectivity index (χ3v) is 4.04. The fourth-order valence-electron chi connectivity index (χ4n) is 1.85. The van der Waals surface area contributed by atoms with Gasteiger partial charge in [-0.2, -0.15) is 0 Å². The topological polar surface area (TPSA) is 51.2 Å². The minimum absolute atomic E-state index is 0.115. The summed E-state index contributed by atoms with van der Waals surface area (Å²) in [6, 6.07) is 7.53. The number of thiazole rings is 1. The average molecular weight is 302 g/mol. The van der Waals surface area contributed by atoms with Gasteiger partial charge in [-0.3, -0.25) is 4.79 Å². The summed E-state index contributed by atoms with van der Waals surface area (Å²) in [6.07, 6.45) is 3.31. The molecule has 0 fully saturated rings. The first kappa shape index (κ1) is 15.3. The Balaban J connectivity index is 1.88. The molecule has 1 amide bonds. The summed E-state index contributed by atoms with van der Waals surface area (Å²) in [7, 11) is 1.63. The van der Waals surface area contributed by atoms with Gasteiger partial charge in [-0.05, 0) is 37.6 Å². The van der Waals surface area contributed by atoms with E-state index in [1.54, 1.807) is 24.5 Å². The molecular weight excluding hydrogens is 284 g/mol. The van der Waals surface area contributed by atoms with Crippen molar-refractivity contribution in [2.45, 2.75) is 20.4 Å². The van der Waals surface area contributed by atoms with E-state index >= 15 is 0 Å². The van der Waals surface area contributed by atoms with E-state index in [9.17, 15) is 4.79 Å². The first-order chi connectivity index (χ1) is 10.1. The number of ether oxygens (including phenoxy) is 1. The normalized spacial score (nSPS) is 10.8. The SMILES string of the molecule is COc1ccc(/C=C/C(=O)NCc2sc(C)nc2C)cc1. The predicted molar refractivity (Wildman–Crippen MR) is 85.5 cm³/mol. The smallest absolute Gasteiger partial charge is 0.244 e. The zero-order valence-corrected chi connectivity index (χ0v) is 13.2. The lowest BCUT2D eigenvalue weighted by Gasteiger charge is -2.01. The number of hydrogen-bond donors (Lipinski definition) is 1. The summed E-state index contributed by atoms with van der Waals surface area (Å²) in [5, 5.41) is 3.88. The van der Waals surface area contributed by atoms with Crippen LogP contribution in [0.15, 0.2) is 30.3 Å². The number of amides is 1. The molecule has 0 aliphatic carbocycles. The molecule has 2 aromatic rings. The molecular formula is C16H18N2O2S. The first-order valence-corrected chi connectivity index (χ1v) is 7.43. The third-order valence-electron chi connectivity index (χ3n) is 2.97. The van der Waals surface area contributed by atoms with Crippen LogP contribution in [-0.2, 0) is 11.3 Å². The zero-order valence-electron chi connectivity index (χ0n) is 12.3. The number of hydrogen-bond acceptors (Lipinski definition) is 4. The second kappa shape index (κ2) is 7.04. The highest BCUT2D eigenvalue weighted by atomic mass is 32.1. The van der Waals surface area contributed by atoms with E-state index in [-0.39, 0.29) is 5.91 Å². The molecule has 0 saturated carbocycles. The third kappa shape index (κ3) is 4.43. The van der Waals surface area contributed by atoms with Crippen LogP contribution in [0.4, 0.5) is 0 Å². The Bertz CT molecular complexity index is 645. The monoisotopic (exact) mass is 302 g/mol. The maximum Gasteiger partial charge on any atom is 0.244 e. The number of nitrogens with zero attached hydrogens (tertiary/aromatic N) is 1. The van der Waals surface area contributed by atoms with Gasteiger partial charge in [0.05, 0.1) is 24.4 Å². The molecule has 0 saturated heterocycles. The summed E-state index contributed by atoms with van der Waals surface area (Å²) >= 11 is 1.61. The minimum atomic E-state index is -0.115. The van der Waals surface area contributed by atoms with Crippen LogP contribution in [0.25, 0.3) is 6.08 Å². The van der Waals surface area contributed by atoms with E-state index < -0.39 is 0 Å². The van der Waals surface area contributed by atoms with Crippen LogP contribution >= 0.6 is 11.3 Å². The van der Waals surface area contributed by atoms with Crippen LogP contribution < -0.4 is 10.1 Å². The van der Waals surface area contributed by atoms with Gasteiger partial charge in [0.25, 0.3) is 0 Å². The molecule has 0 aliphatic rings. The van der Waals surface area contributed by atoms with Gasteiger partial charge in [0, 0.05) is 11.0 Å². The van der Waals surface area contributed by atoms with Gasteiger partial charge in [-0.1, -0.05) is 12.1 Å². The van der Waals surface area contributed by atoms with E-state index in [1.807, 2.05) is 38.1 Å². The van der Waals surface area contributed by atoms with Crippen molar-refractivity contribution in [3.8, 4) is 5.75 Å². The van der Waals surface area contributed by atoms with Gasteiger partial charge >= 0.3 is 0 Å². The summed E-state index contributed by atoms with van der Waals surface area (Å²) < 4.78 is 5.09. The highest BCUT2D eigenvalue weighted by Crippen LogP contribution is 2.16. The molecule has 1 aromatic heterocycles. The van der Waals surface area contributed by atoms with E-state index in [4.69, 9.17) is 4.74 Å². The molecule has 1 aromatic carbocycles. The summed E-state index contributed by atoms with van der Waals surface area (Å²) in [6.45, 7) is 4.44. The number of aryl methyl sites for hydroxylation is 2. The van der Waals surface area contributed by atoms with Gasteiger partial charge in [0.1, 0.15) is 5.75 Å². The van der Waals surface area contributed by atoms with Crippen molar-refractivity contribution in [3.05, 3.63) is 51.5 Å². The second-order valence-corrected chi connectivity index (χ2v) is 5.85. The van der Waals surface area contributed by atoms with Crippen LogP contribution in [0, 0.1) is 13.8 Å². The van der Waals surface area contributed by atoms with Gasteiger partial charge in [-0.15, -0.1) is 11.3 Å². The Morgan fingerprint density at radius 3 is 2.62 bits per heavy atom. The molecule has 0 radical (unpaired) electrons. The average Bonchev–Trinajstić information content (AvgIpc) is 2.81. The molecule has 0 spiro atoms. The number of benzene rings is 1. The summed E-state index contributed by atoms with van der Waals surface area (Å²) in [4.78, 5) is 17.2. The van der Waals surface area contributed by atoms with Crippen LogP contribution in [-0.4, -0.2) is 18.0 Å². The van der Waals surface area contributed by atoms with Crippen molar-refractivity contribution >= 4 is 23.3 Å². The van der Waals surface area contributed by atoms with Crippen LogP contribution in [0.3, 0.4) is 0 Å². The van der Waals surface area contributed by atoms with Crippen LogP contribution in [0.5, 0.6) is 5.75 Å². The highest BCUT2D eigenvalue weighted by molar-refractivity contribution is 7.11. The molecule has 2 rings (SSSR count). The van der Waals surface area contributed by atoms with Crippen molar-refractivity contribution in [1.82, 2.24) is 10.3 Å². The largest absolute Gasteiger partial charge is 0.497 e. The molecule has 0 bridgehead atoms.